The van der Waals surface area contributed by atoms with Gasteiger partial charge in [0.2, 0.25) is 0 Å². The second kappa shape index (κ2) is 4.70. The number of aromatic nitrogens is 1. The van der Waals surface area contributed by atoms with Crippen LogP contribution in [0.4, 0.5) is 11.4 Å². The number of aryl methyl sites for hydroxylation is 1. The third-order valence-electron chi connectivity index (χ3n) is 2.90. The molecule has 0 saturated carbocycles. The molecule has 0 atom stereocenters. The zero-order valence-electron chi connectivity index (χ0n) is 10.9. The number of hydrogen-bond donors (Lipinski definition) is 2. The summed E-state index contributed by atoms with van der Waals surface area (Å²) in [6.45, 7) is 1.91. The summed E-state index contributed by atoms with van der Waals surface area (Å²) in [5.74, 6) is -0.0701. The van der Waals surface area contributed by atoms with Crippen LogP contribution in [-0.2, 0) is 0 Å². The van der Waals surface area contributed by atoms with Gasteiger partial charge in [-0.1, -0.05) is 0 Å². The fourth-order valence-corrected chi connectivity index (χ4v) is 1.99. The number of fused-ring (bicyclic) bond motifs is 1. The maximum atomic E-state index is 12.1. The molecule has 1 amide bonds. The smallest absolute Gasteiger partial charge is 0.291 e. The molecule has 5 heteroatoms. The molecule has 3 aromatic rings. The average molecular weight is 267 g/mol. The van der Waals surface area contributed by atoms with E-state index in [-0.39, 0.29) is 11.7 Å². The molecule has 0 bridgehead atoms. The van der Waals surface area contributed by atoms with E-state index in [1.54, 1.807) is 36.7 Å². The van der Waals surface area contributed by atoms with E-state index < -0.39 is 0 Å². The monoisotopic (exact) mass is 267 g/mol. The van der Waals surface area contributed by atoms with Crippen molar-refractivity contribution in [1.82, 2.24) is 4.98 Å². The molecule has 0 aliphatic rings. The summed E-state index contributed by atoms with van der Waals surface area (Å²) < 4.78 is 5.50. The first-order valence-corrected chi connectivity index (χ1v) is 6.14. The van der Waals surface area contributed by atoms with Crippen molar-refractivity contribution >= 4 is 28.3 Å². The molecule has 0 radical (unpaired) electrons. The van der Waals surface area contributed by atoms with Gasteiger partial charge in [0.15, 0.2) is 5.76 Å². The lowest BCUT2D eigenvalue weighted by molar-refractivity contribution is 0.0998. The first-order chi connectivity index (χ1) is 9.61. The van der Waals surface area contributed by atoms with Gasteiger partial charge in [-0.2, -0.15) is 0 Å². The number of anilines is 2. The summed E-state index contributed by atoms with van der Waals surface area (Å²) in [5, 5.41) is 3.55. The lowest BCUT2D eigenvalue weighted by atomic mass is 10.2. The van der Waals surface area contributed by atoms with Crippen molar-refractivity contribution in [2.24, 2.45) is 0 Å². The molecule has 3 rings (SSSR count). The van der Waals surface area contributed by atoms with Gasteiger partial charge in [-0.25, -0.2) is 0 Å². The Morgan fingerprint density at radius 3 is 2.90 bits per heavy atom. The van der Waals surface area contributed by atoms with E-state index >= 15 is 0 Å². The highest BCUT2D eigenvalue weighted by Gasteiger charge is 2.12. The summed E-state index contributed by atoms with van der Waals surface area (Å²) in [7, 11) is 0. The van der Waals surface area contributed by atoms with Crippen molar-refractivity contribution < 1.29 is 9.21 Å². The van der Waals surface area contributed by atoms with Crippen molar-refractivity contribution in [2.45, 2.75) is 6.92 Å². The maximum Gasteiger partial charge on any atom is 0.291 e. The minimum Gasteiger partial charge on any atom is -0.451 e. The molecule has 0 unspecified atom stereocenters. The van der Waals surface area contributed by atoms with E-state index in [2.05, 4.69) is 10.3 Å². The molecule has 2 aromatic heterocycles. The predicted molar refractivity (Wildman–Crippen MR) is 77.6 cm³/mol. The molecule has 5 nitrogen and oxygen atoms in total. The second-order valence-electron chi connectivity index (χ2n) is 4.61. The zero-order valence-corrected chi connectivity index (χ0v) is 10.9. The van der Waals surface area contributed by atoms with Crippen LogP contribution in [-0.4, -0.2) is 10.9 Å². The van der Waals surface area contributed by atoms with Crippen LogP contribution in [0.2, 0.25) is 0 Å². The molecule has 2 heterocycles. The van der Waals surface area contributed by atoms with Gasteiger partial charge in [0, 0.05) is 17.3 Å². The number of nitrogens with zero attached hydrogens (tertiary/aromatic N) is 1. The number of benzene rings is 1. The molecule has 0 saturated heterocycles. The average Bonchev–Trinajstić information content (AvgIpc) is 2.81. The number of carbonyl (C=O) groups excluding carboxylic acids is 1. The number of nitrogens with two attached hydrogens (primary N) is 1. The molecule has 0 fully saturated rings. The Morgan fingerprint density at radius 2 is 2.10 bits per heavy atom. The first-order valence-electron chi connectivity index (χ1n) is 6.14. The van der Waals surface area contributed by atoms with Gasteiger partial charge >= 0.3 is 0 Å². The van der Waals surface area contributed by atoms with Crippen LogP contribution >= 0.6 is 0 Å². The normalized spacial score (nSPS) is 10.7. The van der Waals surface area contributed by atoms with Crippen molar-refractivity contribution in [3.8, 4) is 0 Å². The van der Waals surface area contributed by atoms with E-state index in [0.29, 0.717) is 17.0 Å². The third kappa shape index (κ3) is 2.33. The highest BCUT2D eigenvalue weighted by atomic mass is 16.3. The first kappa shape index (κ1) is 12.2. The number of carbonyl (C=O) groups is 1. The van der Waals surface area contributed by atoms with E-state index in [0.717, 1.165) is 10.9 Å². The van der Waals surface area contributed by atoms with Crippen LogP contribution < -0.4 is 11.1 Å². The number of nitrogen functional groups attached to an aromatic ring is 1. The summed E-state index contributed by atoms with van der Waals surface area (Å²) >= 11 is 0. The molecular formula is C15H13N3O2. The Labute approximate surface area is 115 Å². The summed E-state index contributed by atoms with van der Waals surface area (Å²) in [4.78, 5) is 16.1. The highest BCUT2D eigenvalue weighted by Crippen LogP contribution is 2.22. The van der Waals surface area contributed by atoms with Crippen LogP contribution in [0.5, 0.6) is 0 Å². The van der Waals surface area contributed by atoms with Crippen molar-refractivity contribution in [3.63, 3.8) is 0 Å². The quantitative estimate of drug-likeness (QED) is 0.699. The molecule has 1 aromatic carbocycles. The Kier molecular flexibility index (Phi) is 2.87. The Hall–Kier alpha value is -2.82. The molecule has 0 spiro atoms. The van der Waals surface area contributed by atoms with Crippen molar-refractivity contribution in [3.05, 3.63) is 54.0 Å². The molecule has 20 heavy (non-hydrogen) atoms. The van der Waals surface area contributed by atoms with Gasteiger partial charge in [0.25, 0.3) is 5.91 Å². The topological polar surface area (TPSA) is 81.2 Å². The number of nitrogens with one attached hydrogen (secondary N) is 1. The highest BCUT2D eigenvalue weighted by molar-refractivity contribution is 6.04. The Balaban J connectivity index is 1.88. The van der Waals surface area contributed by atoms with Gasteiger partial charge < -0.3 is 15.5 Å². The molecule has 100 valence electrons. The van der Waals surface area contributed by atoms with Crippen LogP contribution in [0.1, 0.15) is 16.1 Å². The van der Waals surface area contributed by atoms with Gasteiger partial charge in [0.1, 0.15) is 5.58 Å². The van der Waals surface area contributed by atoms with Gasteiger partial charge in [-0.15, -0.1) is 0 Å². The largest absolute Gasteiger partial charge is 0.451 e. The number of amides is 1. The number of hydrogen-bond acceptors (Lipinski definition) is 4. The van der Waals surface area contributed by atoms with E-state index in [4.69, 9.17) is 10.2 Å². The Morgan fingerprint density at radius 1 is 1.25 bits per heavy atom. The maximum absolute atomic E-state index is 12.1. The SMILES string of the molecule is Cc1cncc(NC(=O)c2cc3cc(N)ccc3o2)c1. The zero-order chi connectivity index (χ0) is 14.1. The lowest BCUT2D eigenvalue weighted by Crippen LogP contribution is -2.11. The minimum atomic E-state index is -0.313. The fourth-order valence-electron chi connectivity index (χ4n) is 1.99. The summed E-state index contributed by atoms with van der Waals surface area (Å²) in [6.07, 6.45) is 3.31. The number of pyridine rings is 1. The number of furan rings is 1. The third-order valence-corrected chi connectivity index (χ3v) is 2.90. The summed E-state index contributed by atoms with van der Waals surface area (Å²) in [6, 6.07) is 8.76. The van der Waals surface area contributed by atoms with E-state index in [1.165, 1.54) is 0 Å². The molecular weight excluding hydrogens is 254 g/mol. The van der Waals surface area contributed by atoms with Crippen LogP contribution in [0.15, 0.2) is 47.1 Å². The lowest BCUT2D eigenvalue weighted by Gasteiger charge is -2.02. The van der Waals surface area contributed by atoms with Crippen molar-refractivity contribution in [2.75, 3.05) is 11.1 Å². The second-order valence-corrected chi connectivity index (χ2v) is 4.61. The van der Waals surface area contributed by atoms with Gasteiger partial charge in [-0.3, -0.25) is 9.78 Å². The van der Waals surface area contributed by atoms with Gasteiger partial charge in [0.05, 0.1) is 11.9 Å². The minimum absolute atomic E-state index is 0.243. The van der Waals surface area contributed by atoms with E-state index in [1.807, 2.05) is 13.0 Å². The Bertz CT molecular complexity index is 793. The van der Waals surface area contributed by atoms with E-state index in [9.17, 15) is 4.79 Å². The molecule has 3 N–H and O–H groups in total. The standard InChI is InChI=1S/C15H13N3O2/c1-9-4-12(8-17-7-9)18-15(19)14-6-10-5-11(16)2-3-13(10)20-14/h2-8H,16H2,1H3,(H,18,19). The van der Waals surface area contributed by atoms with Crippen molar-refractivity contribution in [1.29, 1.82) is 0 Å². The van der Waals surface area contributed by atoms with Gasteiger partial charge in [-0.05, 0) is 42.8 Å². The molecule has 0 aliphatic carbocycles. The van der Waals surface area contributed by atoms with Crippen LogP contribution in [0, 0.1) is 6.92 Å². The number of rotatable bonds is 2. The fraction of sp³-hybridized carbons (Fsp3) is 0.0667. The van der Waals surface area contributed by atoms with Crippen LogP contribution in [0.3, 0.4) is 0 Å². The van der Waals surface area contributed by atoms with Crippen LogP contribution in [0.25, 0.3) is 11.0 Å². The molecule has 0 aliphatic heterocycles. The predicted octanol–water partition coefficient (Wildman–Crippen LogP) is 2.97. The summed E-state index contributed by atoms with van der Waals surface area (Å²) in [5.41, 5.74) is 8.57.